The second-order valence-corrected chi connectivity index (χ2v) is 4.73. The summed E-state index contributed by atoms with van der Waals surface area (Å²) in [4.78, 5) is 27.9. The van der Waals surface area contributed by atoms with Crippen LogP contribution in [0.25, 0.3) is 0 Å². The Labute approximate surface area is 134 Å². The molecule has 120 valence electrons. The topological polar surface area (TPSA) is 77.5 Å². The van der Waals surface area contributed by atoms with Crippen LogP contribution in [0.15, 0.2) is 48.7 Å². The molecule has 0 unspecified atom stereocenters. The average Bonchev–Trinajstić information content (AvgIpc) is 2.61. The van der Waals surface area contributed by atoms with Crippen molar-refractivity contribution in [2.24, 2.45) is 0 Å². The van der Waals surface area contributed by atoms with Crippen LogP contribution in [0.5, 0.6) is 0 Å². The summed E-state index contributed by atoms with van der Waals surface area (Å²) < 4.78 is 10.1. The third kappa shape index (κ3) is 5.19. The van der Waals surface area contributed by atoms with Gasteiger partial charge in [-0.2, -0.15) is 0 Å². The lowest BCUT2D eigenvalue weighted by atomic mass is 10.2. The quantitative estimate of drug-likeness (QED) is 0.623. The average molecular weight is 314 g/mol. The summed E-state index contributed by atoms with van der Waals surface area (Å²) in [7, 11) is 1.57. The van der Waals surface area contributed by atoms with E-state index in [0.717, 1.165) is 0 Å². The fourth-order valence-corrected chi connectivity index (χ4v) is 1.86. The minimum absolute atomic E-state index is 0.00686. The Morgan fingerprint density at radius 2 is 1.91 bits per heavy atom. The molecule has 0 radical (unpaired) electrons. The molecule has 0 aliphatic carbocycles. The summed E-state index contributed by atoms with van der Waals surface area (Å²) in [6.07, 6.45) is 1.51. The van der Waals surface area contributed by atoms with Crippen LogP contribution >= 0.6 is 0 Å². The molecule has 1 N–H and O–H groups in total. The van der Waals surface area contributed by atoms with E-state index in [0.29, 0.717) is 30.0 Å². The molecular weight excluding hydrogens is 296 g/mol. The van der Waals surface area contributed by atoms with Crippen molar-refractivity contribution in [1.29, 1.82) is 0 Å². The number of nitrogens with one attached hydrogen (secondary N) is 1. The molecule has 0 saturated carbocycles. The van der Waals surface area contributed by atoms with E-state index in [2.05, 4.69) is 10.3 Å². The van der Waals surface area contributed by atoms with E-state index >= 15 is 0 Å². The molecule has 6 heteroatoms. The number of esters is 1. The predicted molar refractivity (Wildman–Crippen MR) is 84.0 cm³/mol. The van der Waals surface area contributed by atoms with E-state index in [9.17, 15) is 9.59 Å². The first kappa shape index (κ1) is 16.6. The van der Waals surface area contributed by atoms with Crippen LogP contribution < -0.4 is 5.32 Å². The van der Waals surface area contributed by atoms with Gasteiger partial charge in [-0.15, -0.1) is 0 Å². The van der Waals surface area contributed by atoms with Crippen molar-refractivity contribution in [2.45, 2.75) is 6.61 Å². The molecule has 1 heterocycles. The molecule has 1 aromatic carbocycles. The highest BCUT2D eigenvalue weighted by atomic mass is 16.5. The second-order valence-electron chi connectivity index (χ2n) is 4.73. The molecule has 0 fully saturated rings. The number of ether oxygens (including phenoxy) is 2. The lowest BCUT2D eigenvalue weighted by molar-refractivity contribution is 0.0467. The molecule has 1 aromatic heterocycles. The van der Waals surface area contributed by atoms with Crippen molar-refractivity contribution in [2.75, 3.05) is 20.3 Å². The number of amides is 1. The molecule has 1 amide bonds. The number of carbonyl (C=O) groups excluding carboxylic acids is 2. The van der Waals surface area contributed by atoms with Crippen molar-refractivity contribution < 1.29 is 19.1 Å². The van der Waals surface area contributed by atoms with Crippen molar-refractivity contribution >= 4 is 11.9 Å². The molecule has 0 aliphatic rings. The molecular formula is C17H18N2O4. The van der Waals surface area contributed by atoms with Gasteiger partial charge in [0.05, 0.1) is 17.9 Å². The maximum Gasteiger partial charge on any atom is 0.338 e. The summed E-state index contributed by atoms with van der Waals surface area (Å²) in [5.74, 6) is -0.651. The van der Waals surface area contributed by atoms with Crippen LogP contribution in [0, 0.1) is 0 Å². The second kappa shape index (κ2) is 8.65. The first-order valence-corrected chi connectivity index (χ1v) is 7.15. The largest absolute Gasteiger partial charge is 0.456 e. The Morgan fingerprint density at radius 1 is 1.13 bits per heavy atom. The van der Waals surface area contributed by atoms with Gasteiger partial charge in [-0.05, 0) is 24.3 Å². The van der Waals surface area contributed by atoms with E-state index in [-0.39, 0.29) is 12.5 Å². The minimum Gasteiger partial charge on any atom is -0.456 e. The number of hydrogen-bond donors (Lipinski definition) is 1. The zero-order valence-electron chi connectivity index (χ0n) is 12.8. The van der Waals surface area contributed by atoms with Gasteiger partial charge < -0.3 is 14.8 Å². The minimum atomic E-state index is -0.428. The van der Waals surface area contributed by atoms with Gasteiger partial charge in [0.25, 0.3) is 5.91 Å². The van der Waals surface area contributed by atoms with Crippen molar-refractivity contribution in [1.82, 2.24) is 10.3 Å². The molecule has 2 rings (SSSR count). The summed E-state index contributed by atoms with van der Waals surface area (Å²) >= 11 is 0. The zero-order valence-corrected chi connectivity index (χ0v) is 12.8. The Bertz CT molecular complexity index is 659. The Balaban J connectivity index is 1.92. The molecule has 2 aromatic rings. The van der Waals surface area contributed by atoms with Gasteiger partial charge in [0, 0.05) is 25.4 Å². The van der Waals surface area contributed by atoms with Gasteiger partial charge >= 0.3 is 5.97 Å². The normalized spacial score (nSPS) is 10.1. The van der Waals surface area contributed by atoms with Crippen LogP contribution in [0.3, 0.4) is 0 Å². The van der Waals surface area contributed by atoms with E-state index in [1.165, 1.54) is 6.20 Å². The fraction of sp³-hybridized carbons (Fsp3) is 0.235. The maximum atomic E-state index is 11.9. The SMILES string of the molecule is COCCNC(=O)c1ccnc(COC(=O)c2ccccc2)c1. The maximum absolute atomic E-state index is 11.9. The first-order valence-electron chi connectivity index (χ1n) is 7.15. The van der Waals surface area contributed by atoms with Crippen LogP contribution in [0.4, 0.5) is 0 Å². The summed E-state index contributed by atoms with van der Waals surface area (Å²) in [5, 5.41) is 2.72. The van der Waals surface area contributed by atoms with Crippen LogP contribution in [-0.2, 0) is 16.1 Å². The monoisotopic (exact) mass is 314 g/mol. The van der Waals surface area contributed by atoms with E-state index in [1.807, 2.05) is 6.07 Å². The number of aromatic nitrogens is 1. The smallest absolute Gasteiger partial charge is 0.338 e. The van der Waals surface area contributed by atoms with Crippen molar-refractivity contribution in [3.63, 3.8) is 0 Å². The Hall–Kier alpha value is -2.73. The number of nitrogens with zero attached hydrogens (tertiary/aromatic N) is 1. The number of methoxy groups -OCH3 is 1. The highest BCUT2D eigenvalue weighted by Crippen LogP contribution is 2.06. The van der Waals surface area contributed by atoms with Crippen LogP contribution in [0.2, 0.25) is 0 Å². The summed E-state index contributed by atoms with van der Waals surface area (Å²) in [6.45, 7) is 0.876. The van der Waals surface area contributed by atoms with Gasteiger partial charge in [-0.3, -0.25) is 9.78 Å². The van der Waals surface area contributed by atoms with Crippen molar-refractivity contribution in [3.8, 4) is 0 Å². The highest BCUT2D eigenvalue weighted by molar-refractivity contribution is 5.94. The van der Waals surface area contributed by atoms with Gasteiger partial charge in [0.15, 0.2) is 0 Å². The molecule has 0 bridgehead atoms. The molecule has 0 aliphatic heterocycles. The molecule has 0 atom stereocenters. The van der Waals surface area contributed by atoms with E-state index in [1.54, 1.807) is 43.5 Å². The van der Waals surface area contributed by atoms with Crippen LogP contribution in [0.1, 0.15) is 26.4 Å². The third-order valence-corrected chi connectivity index (χ3v) is 3.03. The van der Waals surface area contributed by atoms with E-state index < -0.39 is 5.97 Å². The molecule has 0 spiro atoms. The zero-order chi connectivity index (χ0) is 16.5. The van der Waals surface area contributed by atoms with Gasteiger partial charge in [-0.1, -0.05) is 18.2 Å². The van der Waals surface area contributed by atoms with Gasteiger partial charge in [0.1, 0.15) is 6.61 Å². The van der Waals surface area contributed by atoms with Gasteiger partial charge in [0.2, 0.25) is 0 Å². The Morgan fingerprint density at radius 3 is 2.65 bits per heavy atom. The standard InChI is InChI=1S/C17H18N2O4/c1-22-10-9-19-16(20)14-7-8-18-15(11-14)12-23-17(21)13-5-3-2-4-6-13/h2-8,11H,9-10,12H2,1H3,(H,19,20). The fourth-order valence-electron chi connectivity index (χ4n) is 1.86. The predicted octanol–water partition coefficient (Wildman–Crippen LogP) is 1.81. The van der Waals surface area contributed by atoms with Crippen LogP contribution in [-0.4, -0.2) is 37.1 Å². The van der Waals surface area contributed by atoms with Crippen molar-refractivity contribution in [3.05, 3.63) is 65.5 Å². The number of hydrogen-bond acceptors (Lipinski definition) is 5. The van der Waals surface area contributed by atoms with Gasteiger partial charge in [-0.25, -0.2) is 4.79 Å². The number of benzene rings is 1. The Kier molecular flexibility index (Phi) is 6.26. The molecule has 6 nitrogen and oxygen atoms in total. The first-order chi connectivity index (χ1) is 11.2. The summed E-state index contributed by atoms with van der Waals surface area (Å²) in [6, 6.07) is 11.9. The number of pyridine rings is 1. The summed E-state index contributed by atoms with van der Waals surface area (Å²) in [5.41, 5.74) is 1.44. The van der Waals surface area contributed by atoms with E-state index in [4.69, 9.17) is 9.47 Å². The lowest BCUT2D eigenvalue weighted by Gasteiger charge is -2.07. The lowest BCUT2D eigenvalue weighted by Crippen LogP contribution is -2.27. The number of carbonyl (C=O) groups is 2. The highest BCUT2D eigenvalue weighted by Gasteiger charge is 2.09. The third-order valence-electron chi connectivity index (χ3n) is 3.03. The number of rotatable bonds is 7. The molecule has 23 heavy (non-hydrogen) atoms. The molecule has 0 saturated heterocycles.